The van der Waals surface area contributed by atoms with Gasteiger partial charge in [-0.05, 0) is 48.0 Å². The Morgan fingerprint density at radius 1 is 1.00 bits per heavy atom. The largest absolute Gasteiger partial charge is 0.488 e. The maximum Gasteiger partial charge on any atom is 0.259 e. The van der Waals surface area contributed by atoms with Crippen molar-refractivity contribution in [3.05, 3.63) is 94.8 Å². The van der Waals surface area contributed by atoms with Crippen LogP contribution in [0.4, 0.5) is 10.1 Å². The highest BCUT2D eigenvalue weighted by molar-refractivity contribution is 6.30. The van der Waals surface area contributed by atoms with Crippen molar-refractivity contribution in [2.24, 2.45) is 0 Å². The zero-order chi connectivity index (χ0) is 17.6. The van der Waals surface area contributed by atoms with Gasteiger partial charge < -0.3 is 10.1 Å². The number of anilines is 1. The molecule has 0 heterocycles. The Kier molecular flexibility index (Phi) is 5.31. The van der Waals surface area contributed by atoms with Gasteiger partial charge in [0.15, 0.2) is 0 Å². The van der Waals surface area contributed by atoms with Crippen molar-refractivity contribution >= 4 is 23.2 Å². The van der Waals surface area contributed by atoms with Crippen molar-refractivity contribution in [2.45, 2.75) is 6.61 Å². The van der Waals surface area contributed by atoms with Crippen LogP contribution in [0.3, 0.4) is 0 Å². The van der Waals surface area contributed by atoms with Crippen LogP contribution in [0.1, 0.15) is 15.9 Å². The van der Waals surface area contributed by atoms with Crippen LogP contribution >= 0.6 is 11.6 Å². The van der Waals surface area contributed by atoms with Crippen LogP contribution in [-0.4, -0.2) is 5.91 Å². The van der Waals surface area contributed by atoms with Gasteiger partial charge in [-0.1, -0.05) is 41.9 Å². The van der Waals surface area contributed by atoms with Crippen LogP contribution in [0.5, 0.6) is 5.75 Å². The summed E-state index contributed by atoms with van der Waals surface area (Å²) in [7, 11) is 0. The highest BCUT2D eigenvalue weighted by Crippen LogP contribution is 2.21. The van der Waals surface area contributed by atoms with E-state index in [2.05, 4.69) is 5.32 Å². The van der Waals surface area contributed by atoms with E-state index in [1.165, 1.54) is 18.2 Å². The van der Waals surface area contributed by atoms with Crippen LogP contribution in [-0.2, 0) is 6.61 Å². The van der Waals surface area contributed by atoms with E-state index in [4.69, 9.17) is 16.3 Å². The number of hydrogen-bond donors (Lipinski definition) is 1. The number of benzene rings is 3. The third-order valence-electron chi connectivity index (χ3n) is 3.52. The van der Waals surface area contributed by atoms with E-state index in [9.17, 15) is 9.18 Å². The number of halogens is 2. The van der Waals surface area contributed by atoms with Crippen molar-refractivity contribution in [2.75, 3.05) is 5.32 Å². The molecule has 0 spiro atoms. The molecule has 1 amide bonds. The number of nitrogens with one attached hydrogen (secondary N) is 1. The van der Waals surface area contributed by atoms with Gasteiger partial charge >= 0.3 is 0 Å². The van der Waals surface area contributed by atoms with Crippen LogP contribution < -0.4 is 10.1 Å². The van der Waals surface area contributed by atoms with Crippen LogP contribution in [0.2, 0.25) is 5.02 Å². The molecule has 3 aromatic carbocycles. The summed E-state index contributed by atoms with van der Waals surface area (Å²) in [6, 6.07) is 19.9. The standard InChI is InChI=1S/C20H15ClFNO2/c21-15-10-8-14(9-11-15)13-25-19-7-2-1-6-18(19)20(24)23-17-5-3-4-16(22)12-17/h1-12H,13H2,(H,23,24). The summed E-state index contributed by atoms with van der Waals surface area (Å²) in [6.45, 7) is 0.307. The quantitative estimate of drug-likeness (QED) is 0.673. The first-order chi connectivity index (χ1) is 12.1. The molecule has 0 unspecified atom stereocenters. The Labute approximate surface area is 150 Å². The fourth-order valence-electron chi connectivity index (χ4n) is 2.29. The zero-order valence-electron chi connectivity index (χ0n) is 13.2. The lowest BCUT2D eigenvalue weighted by Crippen LogP contribution is -2.13. The van der Waals surface area contributed by atoms with Crippen LogP contribution in [0.25, 0.3) is 0 Å². The topological polar surface area (TPSA) is 38.3 Å². The zero-order valence-corrected chi connectivity index (χ0v) is 14.0. The molecular weight excluding hydrogens is 341 g/mol. The predicted octanol–water partition coefficient (Wildman–Crippen LogP) is 5.31. The van der Waals surface area contributed by atoms with Gasteiger partial charge in [0, 0.05) is 10.7 Å². The van der Waals surface area contributed by atoms with Gasteiger partial charge in [0.05, 0.1) is 5.56 Å². The van der Waals surface area contributed by atoms with Gasteiger partial charge in [0.1, 0.15) is 18.2 Å². The molecule has 5 heteroatoms. The monoisotopic (exact) mass is 355 g/mol. The number of carbonyl (C=O) groups is 1. The number of rotatable bonds is 5. The molecule has 3 rings (SSSR count). The molecule has 0 saturated heterocycles. The van der Waals surface area contributed by atoms with Crippen molar-refractivity contribution in [1.82, 2.24) is 0 Å². The van der Waals surface area contributed by atoms with Crippen molar-refractivity contribution < 1.29 is 13.9 Å². The second-order valence-electron chi connectivity index (χ2n) is 5.38. The van der Waals surface area contributed by atoms with E-state index in [0.29, 0.717) is 28.6 Å². The molecular formula is C20H15ClFNO2. The summed E-state index contributed by atoms with van der Waals surface area (Å²) in [4.78, 5) is 12.5. The van der Waals surface area contributed by atoms with E-state index in [-0.39, 0.29) is 5.91 Å². The summed E-state index contributed by atoms with van der Waals surface area (Å²) >= 11 is 5.86. The van der Waals surface area contributed by atoms with Gasteiger partial charge in [0.2, 0.25) is 0 Å². The maximum absolute atomic E-state index is 13.3. The molecule has 0 atom stereocenters. The average molecular weight is 356 g/mol. The fraction of sp³-hybridized carbons (Fsp3) is 0.0500. The van der Waals surface area contributed by atoms with E-state index < -0.39 is 5.82 Å². The first kappa shape index (κ1) is 17.0. The van der Waals surface area contributed by atoms with Crippen molar-refractivity contribution in [3.8, 4) is 5.75 Å². The summed E-state index contributed by atoms with van der Waals surface area (Å²) in [6.07, 6.45) is 0. The number of carbonyl (C=O) groups excluding carboxylic acids is 1. The van der Waals surface area contributed by atoms with Crippen molar-refractivity contribution in [3.63, 3.8) is 0 Å². The average Bonchev–Trinajstić information content (AvgIpc) is 2.61. The minimum absolute atomic E-state index is 0.307. The molecule has 1 N–H and O–H groups in total. The molecule has 3 nitrogen and oxygen atoms in total. The van der Waals surface area contributed by atoms with E-state index in [1.54, 1.807) is 42.5 Å². The third kappa shape index (κ3) is 4.58. The number of hydrogen-bond acceptors (Lipinski definition) is 2. The summed E-state index contributed by atoms with van der Waals surface area (Å²) in [5.41, 5.74) is 1.70. The Morgan fingerprint density at radius 3 is 2.52 bits per heavy atom. The second-order valence-corrected chi connectivity index (χ2v) is 5.81. The highest BCUT2D eigenvalue weighted by atomic mass is 35.5. The lowest BCUT2D eigenvalue weighted by molar-refractivity contribution is 0.102. The molecule has 0 radical (unpaired) electrons. The first-order valence-corrected chi connectivity index (χ1v) is 8.03. The Morgan fingerprint density at radius 2 is 1.76 bits per heavy atom. The minimum atomic E-state index is -0.412. The molecule has 0 aliphatic heterocycles. The fourth-order valence-corrected chi connectivity index (χ4v) is 2.41. The molecule has 0 saturated carbocycles. The molecule has 25 heavy (non-hydrogen) atoms. The van der Waals surface area contributed by atoms with E-state index in [0.717, 1.165) is 5.56 Å². The third-order valence-corrected chi connectivity index (χ3v) is 3.77. The Balaban J connectivity index is 1.73. The minimum Gasteiger partial charge on any atom is -0.488 e. The Bertz CT molecular complexity index is 881. The lowest BCUT2D eigenvalue weighted by atomic mass is 10.1. The molecule has 0 aromatic heterocycles. The van der Waals surface area contributed by atoms with E-state index in [1.807, 2.05) is 12.1 Å². The lowest BCUT2D eigenvalue weighted by Gasteiger charge is -2.12. The smallest absolute Gasteiger partial charge is 0.259 e. The van der Waals surface area contributed by atoms with Gasteiger partial charge in [-0.2, -0.15) is 0 Å². The SMILES string of the molecule is O=C(Nc1cccc(F)c1)c1ccccc1OCc1ccc(Cl)cc1. The predicted molar refractivity (Wildman–Crippen MR) is 96.6 cm³/mol. The van der Waals surface area contributed by atoms with Gasteiger partial charge in [-0.15, -0.1) is 0 Å². The van der Waals surface area contributed by atoms with Gasteiger partial charge in [-0.25, -0.2) is 4.39 Å². The van der Waals surface area contributed by atoms with Gasteiger partial charge in [0.25, 0.3) is 5.91 Å². The highest BCUT2D eigenvalue weighted by Gasteiger charge is 2.13. The second kappa shape index (κ2) is 7.81. The first-order valence-electron chi connectivity index (χ1n) is 7.65. The van der Waals surface area contributed by atoms with Crippen molar-refractivity contribution in [1.29, 1.82) is 0 Å². The summed E-state index contributed by atoms with van der Waals surface area (Å²) in [5, 5.41) is 3.32. The summed E-state index contributed by atoms with van der Waals surface area (Å²) < 4.78 is 19.0. The molecule has 0 aliphatic rings. The molecule has 126 valence electrons. The normalized spacial score (nSPS) is 10.3. The van der Waals surface area contributed by atoms with Crippen LogP contribution in [0.15, 0.2) is 72.8 Å². The maximum atomic E-state index is 13.3. The number of amides is 1. The number of ether oxygens (including phenoxy) is 1. The van der Waals surface area contributed by atoms with Gasteiger partial charge in [-0.3, -0.25) is 4.79 Å². The Hall–Kier alpha value is -2.85. The van der Waals surface area contributed by atoms with Crippen LogP contribution in [0, 0.1) is 5.82 Å². The van der Waals surface area contributed by atoms with E-state index >= 15 is 0 Å². The molecule has 0 fully saturated rings. The summed E-state index contributed by atoms with van der Waals surface area (Å²) in [5.74, 6) is -0.325. The number of para-hydroxylation sites is 1. The molecule has 3 aromatic rings. The molecule has 0 bridgehead atoms. The molecule has 0 aliphatic carbocycles.